The third-order valence-electron chi connectivity index (χ3n) is 1.80. The topological polar surface area (TPSA) is 73.3 Å². The highest BCUT2D eigenvalue weighted by Crippen LogP contribution is 2.06. The van der Waals surface area contributed by atoms with Gasteiger partial charge >= 0.3 is 0 Å². The van der Waals surface area contributed by atoms with E-state index in [1.807, 2.05) is 0 Å². The number of rotatable bonds is 2. The van der Waals surface area contributed by atoms with Crippen LogP contribution in [-0.4, -0.2) is 20.9 Å². The van der Waals surface area contributed by atoms with E-state index < -0.39 is 0 Å². The largest absolute Gasteiger partial charge is 0.326 e. The molecule has 2 aromatic rings. The summed E-state index contributed by atoms with van der Waals surface area (Å²) in [7, 11) is 0. The molecule has 2 aromatic heterocycles. The summed E-state index contributed by atoms with van der Waals surface area (Å²) in [5, 5.41) is 4.02. The minimum Gasteiger partial charge on any atom is -0.326 e. The van der Waals surface area contributed by atoms with Crippen LogP contribution in [-0.2, 0) is 6.54 Å². The van der Waals surface area contributed by atoms with E-state index in [9.17, 15) is 4.79 Å². The molecular formula is C8H8N4O. The number of hydrogen-bond acceptors (Lipinski definition) is 4. The van der Waals surface area contributed by atoms with Gasteiger partial charge in [0.25, 0.3) is 0 Å². The van der Waals surface area contributed by atoms with E-state index in [1.165, 1.54) is 0 Å². The molecule has 66 valence electrons. The monoisotopic (exact) mass is 176 g/mol. The average molecular weight is 176 g/mol. The predicted molar refractivity (Wildman–Crippen MR) is 46.3 cm³/mol. The lowest BCUT2D eigenvalue weighted by atomic mass is 10.3. The van der Waals surface area contributed by atoms with Crippen molar-refractivity contribution in [1.29, 1.82) is 0 Å². The number of aldehydes is 1. The Morgan fingerprint density at radius 1 is 1.62 bits per heavy atom. The van der Waals surface area contributed by atoms with Gasteiger partial charge in [-0.25, -0.2) is 9.50 Å². The van der Waals surface area contributed by atoms with Gasteiger partial charge < -0.3 is 5.73 Å². The molecule has 0 spiro atoms. The van der Waals surface area contributed by atoms with E-state index in [0.717, 1.165) is 5.56 Å². The first-order valence-corrected chi connectivity index (χ1v) is 3.83. The average Bonchev–Trinajstić information content (AvgIpc) is 2.59. The van der Waals surface area contributed by atoms with Crippen LogP contribution in [0.25, 0.3) is 5.65 Å². The van der Waals surface area contributed by atoms with Crippen molar-refractivity contribution < 1.29 is 4.79 Å². The molecule has 2 rings (SSSR count). The number of carbonyl (C=O) groups is 1. The van der Waals surface area contributed by atoms with E-state index >= 15 is 0 Å². The van der Waals surface area contributed by atoms with Crippen molar-refractivity contribution in [2.45, 2.75) is 6.54 Å². The van der Waals surface area contributed by atoms with Gasteiger partial charge in [0, 0.05) is 18.3 Å². The molecule has 0 bridgehead atoms. The molecule has 0 aliphatic heterocycles. The maximum atomic E-state index is 10.4. The van der Waals surface area contributed by atoms with Crippen LogP contribution in [0.3, 0.4) is 0 Å². The second kappa shape index (κ2) is 2.95. The molecule has 0 amide bonds. The van der Waals surface area contributed by atoms with Crippen LogP contribution in [0.5, 0.6) is 0 Å². The molecular weight excluding hydrogens is 168 g/mol. The van der Waals surface area contributed by atoms with E-state index in [4.69, 9.17) is 5.73 Å². The van der Waals surface area contributed by atoms with E-state index in [-0.39, 0.29) is 0 Å². The smallest absolute Gasteiger partial charge is 0.168 e. The fourth-order valence-corrected chi connectivity index (χ4v) is 1.14. The summed E-state index contributed by atoms with van der Waals surface area (Å²) in [6.07, 6.45) is 4.04. The van der Waals surface area contributed by atoms with Crippen molar-refractivity contribution >= 4 is 11.9 Å². The first-order chi connectivity index (χ1) is 6.35. The Balaban J connectivity index is 2.71. The molecule has 0 radical (unpaired) electrons. The van der Waals surface area contributed by atoms with Gasteiger partial charge in [0.1, 0.15) is 5.69 Å². The number of nitrogens with two attached hydrogens (primary N) is 1. The summed E-state index contributed by atoms with van der Waals surface area (Å²) >= 11 is 0. The first-order valence-electron chi connectivity index (χ1n) is 3.83. The zero-order valence-electron chi connectivity index (χ0n) is 6.84. The Labute approximate surface area is 74.2 Å². The molecule has 0 unspecified atom stereocenters. The molecule has 0 aliphatic rings. The number of aromatic nitrogens is 3. The van der Waals surface area contributed by atoms with Gasteiger partial charge in [0.2, 0.25) is 0 Å². The lowest BCUT2D eigenvalue weighted by Crippen LogP contribution is -1.99. The Kier molecular flexibility index (Phi) is 1.79. The standard InChI is InChI=1S/C8H8N4O/c9-3-6-4-10-12-2-1-7(5-13)11-8(6)12/h1-2,4-5H,3,9H2. The van der Waals surface area contributed by atoms with Crippen LogP contribution in [0.1, 0.15) is 16.1 Å². The van der Waals surface area contributed by atoms with Crippen LogP contribution < -0.4 is 5.73 Å². The van der Waals surface area contributed by atoms with E-state index in [0.29, 0.717) is 24.2 Å². The lowest BCUT2D eigenvalue weighted by Gasteiger charge is -1.94. The Morgan fingerprint density at radius 2 is 2.46 bits per heavy atom. The summed E-state index contributed by atoms with van der Waals surface area (Å²) in [6, 6.07) is 1.60. The molecule has 0 saturated carbocycles. The first kappa shape index (κ1) is 7.88. The molecule has 0 aromatic carbocycles. The quantitative estimate of drug-likeness (QED) is 0.653. The highest BCUT2D eigenvalue weighted by Gasteiger charge is 2.03. The molecule has 5 heteroatoms. The number of carbonyl (C=O) groups excluding carboxylic acids is 1. The molecule has 2 N–H and O–H groups in total. The van der Waals surface area contributed by atoms with Crippen molar-refractivity contribution in [1.82, 2.24) is 14.6 Å². The number of nitrogens with zero attached hydrogens (tertiary/aromatic N) is 3. The van der Waals surface area contributed by atoms with Crippen molar-refractivity contribution in [3.8, 4) is 0 Å². The van der Waals surface area contributed by atoms with Crippen molar-refractivity contribution in [3.63, 3.8) is 0 Å². The zero-order chi connectivity index (χ0) is 9.26. The van der Waals surface area contributed by atoms with Gasteiger partial charge in [0.15, 0.2) is 11.9 Å². The highest BCUT2D eigenvalue weighted by atomic mass is 16.1. The highest BCUT2D eigenvalue weighted by molar-refractivity contribution is 5.72. The Morgan fingerprint density at radius 3 is 3.15 bits per heavy atom. The summed E-state index contributed by atoms with van der Waals surface area (Å²) in [5.41, 5.74) is 7.34. The van der Waals surface area contributed by atoms with Gasteiger partial charge in [-0.05, 0) is 6.07 Å². The fraction of sp³-hybridized carbons (Fsp3) is 0.125. The normalized spacial score (nSPS) is 10.5. The maximum Gasteiger partial charge on any atom is 0.168 e. The SMILES string of the molecule is NCc1cnn2ccc(C=O)nc12. The van der Waals surface area contributed by atoms with Gasteiger partial charge in [-0.1, -0.05) is 0 Å². The van der Waals surface area contributed by atoms with Crippen LogP contribution in [0.2, 0.25) is 0 Å². The molecule has 0 fully saturated rings. The molecule has 0 aliphatic carbocycles. The van der Waals surface area contributed by atoms with Gasteiger partial charge in [-0.2, -0.15) is 5.10 Å². The molecule has 2 heterocycles. The summed E-state index contributed by atoms with van der Waals surface area (Å²) in [5.74, 6) is 0. The molecule has 0 saturated heterocycles. The van der Waals surface area contributed by atoms with Crippen LogP contribution in [0, 0.1) is 0 Å². The fourth-order valence-electron chi connectivity index (χ4n) is 1.14. The number of fused-ring (bicyclic) bond motifs is 1. The van der Waals surface area contributed by atoms with Crippen LogP contribution >= 0.6 is 0 Å². The Bertz CT molecular complexity index is 448. The second-order valence-corrected chi connectivity index (χ2v) is 2.61. The molecule has 5 nitrogen and oxygen atoms in total. The maximum absolute atomic E-state index is 10.4. The number of hydrogen-bond donors (Lipinski definition) is 1. The van der Waals surface area contributed by atoms with E-state index in [1.54, 1.807) is 23.0 Å². The minimum atomic E-state index is 0.374. The van der Waals surface area contributed by atoms with Crippen molar-refractivity contribution in [2.24, 2.45) is 5.73 Å². The second-order valence-electron chi connectivity index (χ2n) is 2.61. The minimum absolute atomic E-state index is 0.374. The zero-order valence-corrected chi connectivity index (χ0v) is 6.84. The van der Waals surface area contributed by atoms with Gasteiger partial charge in [0.05, 0.1) is 6.20 Å². The summed E-state index contributed by atoms with van der Waals surface area (Å²) < 4.78 is 1.59. The molecule has 13 heavy (non-hydrogen) atoms. The summed E-state index contributed by atoms with van der Waals surface area (Å²) in [4.78, 5) is 14.5. The lowest BCUT2D eigenvalue weighted by molar-refractivity contribution is 0.111. The van der Waals surface area contributed by atoms with Crippen LogP contribution in [0.4, 0.5) is 0 Å². The van der Waals surface area contributed by atoms with Crippen molar-refractivity contribution in [3.05, 3.63) is 29.7 Å². The predicted octanol–water partition coefficient (Wildman–Crippen LogP) is 0.000500. The van der Waals surface area contributed by atoms with E-state index in [2.05, 4.69) is 10.1 Å². The van der Waals surface area contributed by atoms with Gasteiger partial charge in [-0.15, -0.1) is 0 Å². The van der Waals surface area contributed by atoms with Crippen LogP contribution in [0.15, 0.2) is 18.5 Å². The third kappa shape index (κ3) is 1.19. The Hall–Kier alpha value is -1.75. The summed E-state index contributed by atoms with van der Waals surface area (Å²) in [6.45, 7) is 0.374. The van der Waals surface area contributed by atoms with Crippen molar-refractivity contribution in [2.75, 3.05) is 0 Å². The molecule has 0 atom stereocenters. The van der Waals surface area contributed by atoms with Gasteiger partial charge in [-0.3, -0.25) is 4.79 Å². The third-order valence-corrected chi connectivity index (χ3v) is 1.80.